The summed E-state index contributed by atoms with van der Waals surface area (Å²) in [5.41, 5.74) is 0.531. The van der Waals surface area contributed by atoms with E-state index in [0.29, 0.717) is 13.1 Å². The Balaban J connectivity index is 1.59. The number of aromatic nitrogens is 1. The summed E-state index contributed by atoms with van der Waals surface area (Å²) >= 11 is 0. The number of likely N-dealkylation sites (tertiary alicyclic amines) is 1. The molecule has 0 bridgehead atoms. The van der Waals surface area contributed by atoms with E-state index >= 15 is 0 Å². The monoisotopic (exact) mass is 455 g/mol. The van der Waals surface area contributed by atoms with Gasteiger partial charge >= 0.3 is 0 Å². The van der Waals surface area contributed by atoms with Crippen LogP contribution in [0.2, 0.25) is 0 Å². The molecule has 1 N–H and O–H groups in total. The minimum Gasteiger partial charge on any atom is -0.386 e. The molecule has 0 atom stereocenters. The lowest BCUT2D eigenvalue weighted by Gasteiger charge is -2.55. The van der Waals surface area contributed by atoms with Crippen LogP contribution in [0.3, 0.4) is 0 Å². The normalized spacial score (nSPS) is 20.1. The molecule has 0 radical (unpaired) electrons. The molecule has 4 rings (SSSR count). The molecule has 0 aliphatic carbocycles. The van der Waals surface area contributed by atoms with Crippen LogP contribution in [-0.4, -0.2) is 57.8 Å². The van der Waals surface area contributed by atoms with E-state index in [9.17, 15) is 19.1 Å². The summed E-state index contributed by atoms with van der Waals surface area (Å²) in [6.07, 6.45) is 1.47. The van der Waals surface area contributed by atoms with Gasteiger partial charge in [0.25, 0.3) is 5.91 Å². The van der Waals surface area contributed by atoms with E-state index < -0.39 is 11.4 Å². The average molecular weight is 456 g/mol. The van der Waals surface area contributed by atoms with Gasteiger partial charge in [-0.3, -0.25) is 14.5 Å². The molecule has 1 aromatic heterocycles. The number of Topliss-reactive ketones (excluding diaryl/α,β-unsaturated/α-hetero) is 1. The highest BCUT2D eigenvalue weighted by molar-refractivity contribution is 5.94. The summed E-state index contributed by atoms with van der Waals surface area (Å²) in [6, 6.07) is 8.28. The number of halogens is 1. The van der Waals surface area contributed by atoms with Crippen molar-refractivity contribution in [2.45, 2.75) is 64.1 Å². The third kappa shape index (κ3) is 3.81. The Bertz CT molecular complexity index is 1100. The highest BCUT2D eigenvalue weighted by Gasteiger charge is 2.49. The SMILES string of the molecule is CC(=O)c1ccc2n1C(C)(C)CN(C)C21CCN(C(=O)c2ccc(C(C)(C)O)c(F)c2)CC1. The first-order valence-corrected chi connectivity index (χ1v) is 11.5. The molecule has 2 aliphatic rings. The Morgan fingerprint density at radius 1 is 1.09 bits per heavy atom. The second kappa shape index (κ2) is 7.77. The van der Waals surface area contributed by atoms with Gasteiger partial charge in [-0.2, -0.15) is 0 Å². The molecule has 1 saturated heterocycles. The van der Waals surface area contributed by atoms with E-state index in [4.69, 9.17) is 0 Å². The standard InChI is InChI=1S/C26H34FN3O3/c1-17(31)21-9-10-22-26(28(6)16-24(2,3)30(21)22)11-13-29(14-12-26)23(32)18-7-8-19(20(27)15-18)25(4,5)33/h7-10,15,33H,11-14,16H2,1-6H3. The molecule has 0 saturated carbocycles. The Kier molecular flexibility index (Phi) is 5.57. The number of amides is 1. The summed E-state index contributed by atoms with van der Waals surface area (Å²) in [5, 5.41) is 10.1. The third-order valence-electron chi connectivity index (χ3n) is 7.43. The number of ketones is 1. The van der Waals surface area contributed by atoms with Gasteiger partial charge in [-0.1, -0.05) is 6.07 Å². The zero-order chi connectivity index (χ0) is 24.3. The first-order chi connectivity index (χ1) is 15.3. The average Bonchev–Trinajstić information content (AvgIpc) is 3.19. The molecule has 2 aliphatic heterocycles. The molecule has 1 fully saturated rings. The molecule has 2 aromatic rings. The topological polar surface area (TPSA) is 65.8 Å². The van der Waals surface area contributed by atoms with Crippen molar-refractivity contribution in [2.24, 2.45) is 0 Å². The zero-order valence-electron chi connectivity index (χ0n) is 20.4. The van der Waals surface area contributed by atoms with Gasteiger partial charge in [0.15, 0.2) is 5.78 Å². The number of rotatable bonds is 3. The van der Waals surface area contributed by atoms with Crippen LogP contribution in [0.4, 0.5) is 4.39 Å². The quantitative estimate of drug-likeness (QED) is 0.714. The van der Waals surface area contributed by atoms with Gasteiger partial charge in [-0.25, -0.2) is 4.39 Å². The molecule has 6 nitrogen and oxygen atoms in total. The van der Waals surface area contributed by atoms with Gasteiger partial charge in [0.05, 0.1) is 22.4 Å². The maximum atomic E-state index is 14.5. The summed E-state index contributed by atoms with van der Waals surface area (Å²) in [4.78, 5) is 29.6. The molecule has 33 heavy (non-hydrogen) atoms. The van der Waals surface area contributed by atoms with Crippen LogP contribution in [0.5, 0.6) is 0 Å². The van der Waals surface area contributed by atoms with Crippen LogP contribution in [0.25, 0.3) is 0 Å². The molecule has 1 aromatic carbocycles. The fourth-order valence-electron chi connectivity index (χ4n) is 5.77. The number of hydrogen-bond acceptors (Lipinski definition) is 4. The Hall–Kier alpha value is -2.51. The van der Waals surface area contributed by atoms with Crippen molar-refractivity contribution in [2.75, 3.05) is 26.7 Å². The minimum atomic E-state index is -1.31. The maximum absolute atomic E-state index is 14.5. The molecule has 3 heterocycles. The number of carbonyl (C=O) groups is 2. The third-order valence-corrected chi connectivity index (χ3v) is 7.43. The number of aliphatic hydroxyl groups is 1. The molecular weight excluding hydrogens is 421 g/mol. The molecular formula is C26H34FN3O3. The largest absolute Gasteiger partial charge is 0.386 e. The lowest BCUT2D eigenvalue weighted by molar-refractivity contribution is -0.0147. The van der Waals surface area contributed by atoms with Crippen molar-refractivity contribution in [1.82, 2.24) is 14.4 Å². The zero-order valence-corrected chi connectivity index (χ0v) is 20.4. The van der Waals surface area contributed by atoms with Crippen molar-refractivity contribution >= 4 is 11.7 Å². The van der Waals surface area contributed by atoms with Crippen LogP contribution in [0.1, 0.15) is 79.6 Å². The van der Waals surface area contributed by atoms with Crippen LogP contribution in [-0.2, 0) is 16.7 Å². The fourth-order valence-corrected chi connectivity index (χ4v) is 5.77. The predicted octanol–water partition coefficient (Wildman–Crippen LogP) is 3.87. The number of carbonyl (C=O) groups excluding carboxylic acids is 2. The van der Waals surface area contributed by atoms with Crippen molar-refractivity contribution in [3.8, 4) is 0 Å². The van der Waals surface area contributed by atoms with Crippen LogP contribution < -0.4 is 0 Å². The van der Waals surface area contributed by atoms with Gasteiger partial charge in [-0.15, -0.1) is 0 Å². The van der Waals surface area contributed by atoms with E-state index in [1.165, 1.54) is 26.0 Å². The Labute approximate surface area is 195 Å². The highest BCUT2D eigenvalue weighted by Crippen LogP contribution is 2.45. The van der Waals surface area contributed by atoms with Gasteiger partial charge in [0.2, 0.25) is 0 Å². The number of fused-ring (bicyclic) bond motifs is 2. The van der Waals surface area contributed by atoms with Crippen molar-refractivity contribution in [3.63, 3.8) is 0 Å². The van der Waals surface area contributed by atoms with Crippen molar-refractivity contribution in [1.29, 1.82) is 0 Å². The number of hydrogen-bond donors (Lipinski definition) is 1. The molecule has 178 valence electrons. The second-order valence-electron chi connectivity index (χ2n) is 10.7. The highest BCUT2D eigenvalue weighted by atomic mass is 19.1. The number of piperidine rings is 1. The molecule has 7 heteroatoms. The first-order valence-electron chi connectivity index (χ1n) is 11.5. The van der Waals surface area contributed by atoms with Gasteiger partial charge < -0.3 is 14.6 Å². The summed E-state index contributed by atoms with van der Waals surface area (Å²) in [7, 11) is 2.12. The molecule has 1 spiro atoms. The van der Waals surface area contributed by atoms with Crippen LogP contribution in [0, 0.1) is 5.82 Å². The van der Waals surface area contributed by atoms with E-state index in [1.807, 2.05) is 6.07 Å². The van der Waals surface area contributed by atoms with E-state index in [0.717, 1.165) is 30.8 Å². The van der Waals surface area contributed by atoms with Gasteiger partial charge in [0.1, 0.15) is 5.82 Å². The maximum Gasteiger partial charge on any atom is 0.253 e. The van der Waals surface area contributed by atoms with Crippen molar-refractivity contribution < 1.29 is 19.1 Å². The molecule has 1 amide bonds. The minimum absolute atomic E-state index is 0.0539. The predicted molar refractivity (Wildman–Crippen MR) is 125 cm³/mol. The first kappa shape index (κ1) is 23.6. The number of likely N-dealkylation sites (N-methyl/N-ethyl adjacent to an activating group) is 1. The van der Waals surface area contributed by atoms with Crippen LogP contribution in [0.15, 0.2) is 30.3 Å². The Morgan fingerprint density at radius 2 is 1.73 bits per heavy atom. The van der Waals surface area contributed by atoms with E-state index in [-0.39, 0.29) is 33.9 Å². The van der Waals surface area contributed by atoms with Crippen molar-refractivity contribution in [3.05, 3.63) is 58.7 Å². The van der Waals surface area contributed by atoms with Gasteiger partial charge in [0, 0.05) is 43.4 Å². The lowest BCUT2D eigenvalue weighted by Crippen LogP contribution is -2.61. The summed E-state index contributed by atoms with van der Waals surface area (Å²) < 4.78 is 16.7. The molecule has 0 unspecified atom stereocenters. The number of nitrogens with zero attached hydrogens (tertiary/aromatic N) is 3. The lowest BCUT2D eigenvalue weighted by atomic mass is 9.78. The summed E-state index contributed by atoms with van der Waals surface area (Å²) in [5.74, 6) is -0.728. The summed E-state index contributed by atoms with van der Waals surface area (Å²) in [6.45, 7) is 10.8. The Morgan fingerprint density at radius 3 is 2.27 bits per heavy atom. The van der Waals surface area contributed by atoms with E-state index in [2.05, 4.69) is 36.4 Å². The van der Waals surface area contributed by atoms with Crippen LogP contribution >= 0.6 is 0 Å². The van der Waals surface area contributed by atoms with Gasteiger partial charge in [-0.05, 0) is 71.8 Å². The van der Waals surface area contributed by atoms with E-state index in [1.54, 1.807) is 17.9 Å². The smallest absolute Gasteiger partial charge is 0.253 e. The number of benzene rings is 1. The fraction of sp³-hybridized carbons (Fsp3) is 0.538. The second-order valence-corrected chi connectivity index (χ2v) is 10.7.